The molecule has 4 rings (SSSR count). The summed E-state index contributed by atoms with van der Waals surface area (Å²) in [5, 5.41) is 40.0. The molecule has 4 heteroatoms. The van der Waals surface area contributed by atoms with Crippen LogP contribution in [0.4, 0.5) is 0 Å². The standard InChI is InChI=1S/C28H26O4/c1-17-15-21(7-13-25(17)31)28(22-8-14-26(32)18(2)16-22)27(19-3-9-23(29)10-4-19)20-5-11-24(30)12-6-20/h3-16,27-32H,1-2H3. The number of hydrogen-bond acceptors (Lipinski definition) is 4. The number of phenolic OH excluding ortho intramolecular Hbond substituents is 4. The maximum absolute atomic E-state index is 10.1. The highest BCUT2D eigenvalue weighted by Crippen LogP contribution is 2.45. The summed E-state index contributed by atoms with van der Waals surface area (Å²) in [5.41, 5.74) is 5.56. The van der Waals surface area contributed by atoms with Crippen molar-refractivity contribution in [2.45, 2.75) is 25.7 Å². The van der Waals surface area contributed by atoms with E-state index in [4.69, 9.17) is 0 Å². The van der Waals surface area contributed by atoms with Gasteiger partial charge in [-0.25, -0.2) is 0 Å². The first-order valence-corrected chi connectivity index (χ1v) is 10.5. The molecule has 4 N–H and O–H groups in total. The summed E-state index contributed by atoms with van der Waals surface area (Å²) in [6, 6.07) is 25.5. The maximum Gasteiger partial charge on any atom is 0.118 e. The van der Waals surface area contributed by atoms with Gasteiger partial charge in [0.2, 0.25) is 0 Å². The Balaban J connectivity index is 1.98. The van der Waals surface area contributed by atoms with Gasteiger partial charge in [0.1, 0.15) is 23.0 Å². The van der Waals surface area contributed by atoms with E-state index < -0.39 is 0 Å². The van der Waals surface area contributed by atoms with E-state index in [1.54, 1.807) is 36.4 Å². The van der Waals surface area contributed by atoms with E-state index in [1.807, 2.05) is 62.4 Å². The van der Waals surface area contributed by atoms with Gasteiger partial charge in [-0.15, -0.1) is 0 Å². The molecule has 0 aliphatic rings. The fraction of sp³-hybridized carbons (Fsp3) is 0.143. The third-order valence-corrected chi connectivity index (χ3v) is 6.00. The van der Waals surface area contributed by atoms with Crippen molar-refractivity contribution in [3.63, 3.8) is 0 Å². The van der Waals surface area contributed by atoms with E-state index in [0.717, 1.165) is 33.4 Å². The molecule has 4 aromatic carbocycles. The summed E-state index contributed by atoms with van der Waals surface area (Å²) in [6.07, 6.45) is 0. The molecule has 4 aromatic rings. The van der Waals surface area contributed by atoms with Crippen molar-refractivity contribution in [3.8, 4) is 23.0 Å². The van der Waals surface area contributed by atoms with Crippen LogP contribution in [0.15, 0.2) is 84.9 Å². The van der Waals surface area contributed by atoms with E-state index in [-0.39, 0.29) is 34.8 Å². The molecule has 0 fully saturated rings. The van der Waals surface area contributed by atoms with Gasteiger partial charge in [0.05, 0.1) is 0 Å². The Hall–Kier alpha value is -3.92. The smallest absolute Gasteiger partial charge is 0.118 e. The lowest BCUT2D eigenvalue weighted by Gasteiger charge is -2.30. The topological polar surface area (TPSA) is 80.9 Å². The second-order valence-corrected chi connectivity index (χ2v) is 8.23. The SMILES string of the molecule is Cc1cc(C(c2ccc(O)c(C)c2)C(c2ccc(O)cc2)c2ccc(O)cc2)ccc1O. The Labute approximate surface area is 187 Å². The van der Waals surface area contributed by atoms with Crippen molar-refractivity contribution in [3.05, 3.63) is 118 Å². The first kappa shape index (κ1) is 21.3. The summed E-state index contributed by atoms with van der Waals surface area (Å²) >= 11 is 0. The van der Waals surface area contributed by atoms with E-state index in [2.05, 4.69) is 0 Å². The van der Waals surface area contributed by atoms with Gasteiger partial charge >= 0.3 is 0 Å². The van der Waals surface area contributed by atoms with Crippen LogP contribution in [-0.2, 0) is 0 Å². The number of aryl methyl sites for hydroxylation is 2. The largest absolute Gasteiger partial charge is 0.508 e. The minimum Gasteiger partial charge on any atom is -0.508 e. The molecular weight excluding hydrogens is 400 g/mol. The lowest BCUT2D eigenvalue weighted by Crippen LogP contribution is -2.15. The molecular formula is C28H26O4. The average molecular weight is 427 g/mol. The van der Waals surface area contributed by atoms with Crippen LogP contribution >= 0.6 is 0 Å². The molecule has 0 bridgehead atoms. The number of hydrogen-bond donors (Lipinski definition) is 4. The number of rotatable bonds is 5. The molecule has 0 unspecified atom stereocenters. The molecule has 0 heterocycles. The van der Waals surface area contributed by atoms with E-state index >= 15 is 0 Å². The highest BCUT2D eigenvalue weighted by molar-refractivity contribution is 5.50. The molecule has 0 atom stereocenters. The zero-order chi connectivity index (χ0) is 22.8. The number of aromatic hydroxyl groups is 4. The first-order chi connectivity index (χ1) is 15.3. The third kappa shape index (κ3) is 4.26. The fourth-order valence-electron chi connectivity index (χ4n) is 4.26. The fourth-order valence-corrected chi connectivity index (χ4v) is 4.26. The monoisotopic (exact) mass is 426 g/mol. The second kappa shape index (κ2) is 8.67. The van der Waals surface area contributed by atoms with Crippen molar-refractivity contribution < 1.29 is 20.4 Å². The van der Waals surface area contributed by atoms with Crippen molar-refractivity contribution >= 4 is 0 Å². The quantitative estimate of drug-likeness (QED) is 0.311. The molecule has 0 radical (unpaired) electrons. The molecule has 0 saturated heterocycles. The Morgan fingerprint density at radius 3 is 1.09 bits per heavy atom. The van der Waals surface area contributed by atoms with Crippen LogP contribution in [0, 0.1) is 13.8 Å². The molecule has 4 nitrogen and oxygen atoms in total. The van der Waals surface area contributed by atoms with Crippen LogP contribution in [-0.4, -0.2) is 20.4 Å². The number of phenols is 4. The van der Waals surface area contributed by atoms with Crippen molar-refractivity contribution in [1.29, 1.82) is 0 Å². The van der Waals surface area contributed by atoms with Gasteiger partial charge < -0.3 is 20.4 Å². The molecule has 32 heavy (non-hydrogen) atoms. The molecule has 0 aliphatic carbocycles. The van der Waals surface area contributed by atoms with Crippen LogP contribution in [0.2, 0.25) is 0 Å². The Kier molecular flexibility index (Phi) is 5.78. The predicted molar refractivity (Wildman–Crippen MR) is 126 cm³/mol. The van der Waals surface area contributed by atoms with Crippen molar-refractivity contribution in [1.82, 2.24) is 0 Å². The third-order valence-electron chi connectivity index (χ3n) is 6.00. The van der Waals surface area contributed by atoms with Gasteiger partial charge in [0, 0.05) is 11.8 Å². The van der Waals surface area contributed by atoms with Crippen LogP contribution in [0.3, 0.4) is 0 Å². The molecule has 0 saturated carbocycles. The molecule has 162 valence electrons. The van der Waals surface area contributed by atoms with Crippen molar-refractivity contribution in [2.75, 3.05) is 0 Å². The zero-order valence-corrected chi connectivity index (χ0v) is 18.0. The predicted octanol–water partition coefficient (Wildman–Crippen LogP) is 6.09. The maximum atomic E-state index is 10.1. The van der Waals surface area contributed by atoms with Crippen LogP contribution in [0.5, 0.6) is 23.0 Å². The van der Waals surface area contributed by atoms with Crippen LogP contribution in [0.25, 0.3) is 0 Å². The highest BCUT2D eigenvalue weighted by Gasteiger charge is 2.29. The van der Waals surface area contributed by atoms with Gasteiger partial charge in [-0.1, -0.05) is 48.5 Å². The Morgan fingerprint density at radius 2 is 0.750 bits per heavy atom. The van der Waals surface area contributed by atoms with Crippen LogP contribution in [0.1, 0.15) is 45.2 Å². The normalized spacial score (nSPS) is 11.2. The lowest BCUT2D eigenvalue weighted by molar-refractivity contribution is 0.469. The van der Waals surface area contributed by atoms with Gasteiger partial charge in [-0.2, -0.15) is 0 Å². The van der Waals surface area contributed by atoms with E-state index in [1.165, 1.54) is 0 Å². The summed E-state index contributed by atoms with van der Waals surface area (Å²) in [7, 11) is 0. The zero-order valence-electron chi connectivity index (χ0n) is 18.0. The van der Waals surface area contributed by atoms with Gasteiger partial charge in [-0.05, 0) is 83.6 Å². The number of benzene rings is 4. The Bertz CT molecular complexity index is 1130. The lowest BCUT2D eigenvalue weighted by atomic mass is 9.73. The second-order valence-electron chi connectivity index (χ2n) is 8.23. The summed E-state index contributed by atoms with van der Waals surface area (Å²) in [6.45, 7) is 3.74. The van der Waals surface area contributed by atoms with Gasteiger partial charge in [-0.3, -0.25) is 0 Å². The first-order valence-electron chi connectivity index (χ1n) is 10.5. The molecule has 0 aliphatic heterocycles. The van der Waals surface area contributed by atoms with E-state index in [0.29, 0.717) is 0 Å². The average Bonchev–Trinajstić information content (AvgIpc) is 2.78. The summed E-state index contributed by atoms with van der Waals surface area (Å²) in [5.74, 6) is 0.554. The van der Waals surface area contributed by atoms with Gasteiger partial charge in [0.15, 0.2) is 0 Å². The highest BCUT2D eigenvalue weighted by atomic mass is 16.3. The molecule has 0 spiro atoms. The van der Waals surface area contributed by atoms with E-state index in [9.17, 15) is 20.4 Å². The van der Waals surface area contributed by atoms with Gasteiger partial charge in [0.25, 0.3) is 0 Å². The molecule has 0 amide bonds. The minimum absolute atomic E-state index is 0.149. The van der Waals surface area contributed by atoms with Crippen LogP contribution < -0.4 is 0 Å². The Morgan fingerprint density at radius 1 is 0.438 bits per heavy atom. The molecule has 0 aromatic heterocycles. The van der Waals surface area contributed by atoms with Crippen molar-refractivity contribution in [2.24, 2.45) is 0 Å². The minimum atomic E-state index is -0.150. The summed E-state index contributed by atoms with van der Waals surface area (Å²) < 4.78 is 0. The summed E-state index contributed by atoms with van der Waals surface area (Å²) in [4.78, 5) is 0.